The van der Waals surface area contributed by atoms with Crippen molar-refractivity contribution in [2.45, 2.75) is 13.3 Å². The van der Waals surface area contributed by atoms with E-state index < -0.39 is 0 Å². The number of anilines is 1. The number of ketones is 1. The Morgan fingerprint density at radius 3 is 2.29 bits per heavy atom. The lowest BCUT2D eigenvalue weighted by Gasteiger charge is -2.18. The van der Waals surface area contributed by atoms with Gasteiger partial charge in [-0.15, -0.1) is 0 Å². The van der Waals surface area contributed by atoms with Crippen molar-refractivity contribution in [1.82, 2.24) is 0 Å². The lowest BCUT2D eigenvalue weighted by Crippen LogP contribution is -2.21. The molecule has 0 unspecified atom stereocenters. The van der Waals surface area contributed by atoms with E-state index in [1.165, 1.54) is 14.0 Å². The Morgan fingerprint density at radius 1 is 1.24 bits per heavy atom. The van der Waals surface area contributed by atoms with Gasteiger partial charge in [0.25, 0.3) is 0 Å². The maximum Gasteiger partial charge on any atom is 0.307 e. The standard InChI is InChI=1S/C13H17NO3/c1-10(15)11-4-6-12(7-5-11)14(2)9-8-13(16)17-3/h4-7H,8-9H2,1-3H3. The minimum Gasteiger partial charge on any atom is -0.469 e. The third-order valence-electron chi connectivity index (χ3n) is 2.59. The SMILES string of the molecule is COC(=O)CCN(C)c1ccc(C(C)=O)cc1. The Balaban J connectivity index is 2.60. The van der Waals surface area contributed by atoms with Gasteiger partial charge in [-0.05, 0) is 31.2 Å². The molecule has 0 saturated carbocycles. The maximum atomic E-state index is 11.1. The van der Waals surface area contributed by atoms with E-state index in [0.717, 1.165) is 5.69 Å². The fraction of sp³-hybridized carbons (Fsp3) is 0.385. The zero-order valence-electron chi connectivity index (χ0n) is 10.4. The van der Waals surface area contributed by atoms with E-state index in [4.69, 9.17) is 0 Å². The zero-order valence-corrected chi connectivity index (χ0v) is 10.4. The lowest BCUT2D eigenvalue weighted by molar-refractivity contribution is -0.140. The fourth-order valence-electron chi connectivity index (χ4n) is 1.44. The van der Waals surface area contributed by atoms with Gasteiger partial charge in [-0.2, -0.15) is 0 Å². The van der Waals surface area contributed by atoms with Gasteiger partial charge < -0.3 is 9.64 Å². The molecule has 1 rings (SSSR count). The molecular formula is C13H17NO3. The molecule has 0 aromatic heterocycles. The molecule has 0 N–H and O–H groups in total. The van der Waals surface area contributed by atoms with Gasteiger partial charge in [0, 0.05) is 24.8 Å². The summed E-state index contributed by atoms with van der Waals surface area (Å²) in [5.41, 5.74) is 1.66. The van der Waals surface area contributed by atoms with Crippen LogP contribution in [0.2, 0.25) is 0 Å². The first-order valence-corrected chi connectivity index (χ1v) is 5.43. The van der Waals surface area contributed by atoms with E-state index in [-0.39, 0.29) is 11.8 Å². The van der Waals surface area contributed by atoms with E-state index in [1.54, 1.807) is 12.1 Å². The summed E-state index contributed by atoms with van der Waals surface area (Å²) in [4.78, 5) is 24.0. The monoisotopic (exact) mass is 235 g/mol. The van der Waals surface area contributed by atoms with Crippen LogP contribution in [0, 0.1) is 0 Å². The topological polar surface area (TPSA) is 46.6 Å². The molecule has 1 aromatic rings. The maximum absolute atomic E-state index is 11.1. The van der Waals surface area contributed by atoms with Crippen molar-refractivity contribution in [3.05, 3.63) is 29.8 Å². The van der Waals surface area contributed by atoms with Crippen LogP contribution in [0.5, 0.6) is 0 Å². The summed E-state index contributed by atoms with van der Waals surface area (Å²) in [6.45, 7) is 2.13. The molecular weight excluding hydrogens is 218 g/mol. The molecule has 0 aliphatic rings. The minimum atomic E-state index is -0.225. The highest BCUT2D eigenvalue weighted by Crippen LogP contribution is 2.14. The van der Waals surface area contributed by atoms with Crippen molar-refractivity contribution in [2.75, 3.05) is 25.6 Å². The van der Waals surface area contributed by atoms with Gasteiger partial charge in [0.1, 0.15) is 0 Å². The highest BCUT2D eigenvalue weighted by Gasteiger charge is 2.06. The normalized spacial score (nSPS) is 9.82. The first kappa shape index (κ1) is 13.2. The molecule has 0 atom stereocenters. The minimum absolute atomic E-state index is 0.0498. The van der Waals surface area contributed by atoms with Gasteiger partial charge in [0.05, 0.1) is 13.5 Å². The third-order valence-corrected chi connectivity index (χ3v) is 2.59. The summed E-state index contributed by atoms with van der Waals surface area (Å²) in [6, 6.07) is 7.31. The molecule has 0 fully saturated rings. The number of esters is 1. The molecule has 0 aliphatic heterocycles. The van der Waals surface area contributed by atoms with E-state index in [1.807, 2.05) is 24.1 Å². The number of rotatable bonds is 5. The summed E-state index contributed by atoms with van der Waals surface area (Å²) in [7, 11) is 3.27. The molecule has 17 heavy (non-hydrogen) atoms. The number of hydrogen-bond acceptors (Lipinski definition) is 4. The van der Waals surface area contributed by atoms with E-state index >= 15 is 0 Å². The zero-order chi connectivity index (χ0) is 12.8. The summed E-state index contributed by atoms with van der Waals surface area (Å²) in [5.74, 6) is -0.175. The highest BCUT2D eigenvalue weighted by atomic mass is 16.5. The second-order valence-corrected chi connectivity index (χ2v) is 3.85. The molecule has 4 nitrogen and oxygen atoms in total. The van der Waals surface area contributed by atoms with Crippen molar-refractivity contribution in [3.63, 3.8) is 0 Å². The Labute approximate surface area is 101 Å². The van der Waals surface area contributed by atoms with Crippen LogP contribution in [0.1, 0.15) is 23.7 Å². The third kappa shape index (κ3) is 3.90. The Hall–Kier alpha value is -1.84. The summed E-state index contributed by atoms with van der Waals surface area (Å²) >= 11 is 0. The number of methoxy groups -OCH3 is 1. The number of Topliss-reactive ketones (excluding diaryl/α,β-unsaturated/α-hetero) is 1. The van der Waals surface area contributed by atoms with Crippen LogP contribution < -0.4 is 4.90 Å². The largest absolute Gasteiger partial charge is 0.469 e. The first-order valence-electron chi connectivity index (χ1n) is 5.43. The van der Waals surface area contributed by atoms with E-state index in [0.29, 0.717) is 18.5 Å². The molecule has 0 radical (unpaired) electrons. The van der Waals surface area contributed by atoms with Crippen LogP contribution in [0.3, 0.4) is 0 Å². The van der Waals surface area contributed by atoms with Crippen LogP contribution >= 0.6 is 0 Å². The summed E-state index contributed by atoms with van der Waals surface area (Å²) in [5, 5.41) is 0. The quantitative estimate of drug-likeness (QED) is 0.577. The van der Waals surface area contributed by atoms with Gasteiger partial charge in [0.15, 0.2) is 5.78 Å². The van der Waals surface area contributed by atoms with Gasteiger partial charge in [0.2, 0.25) is 0 Å². The summed E-state index contributed by atoms with van der Waals surface area (Å²) < 4.78 is 4.58. The van der Waals surface area contributed by atoms with Crippen LogP contribution in [0.25, 0.3) is 0 Å². The molecule has 0 amide bonds. The number of hydrogen-bond donors (Lipinski definition) is 0. The molecule has 4 heteroatoms. The first-order chi connectivity index (χ1) is 8.04. The van der Waals surface area contributed by atoms with Crippen LogP contribution in [0.15, 0.2) is 24.3 Å². The highest BCUT2D eigenvalue weighted by molar-refractivity contribution is 5.94. The van der Waals surface area contributed by atoms with Gasteiger partial charge in [-0.1, -0.05) is 0 Å². The predicted molar refractivity (Wildman–Crippen MR) is 66.3 cm³/mol. The molecule has 0 spiro atoms. The molecule has 0 heterocycles. The molecule has 0 bridgehead atoms. The lowest BCUT2D eigenvalue weighted by atomic mass is 10.1. The average molecular weight is 235 g/mol. The van der Waals surface area contributed by atoms with Crippen LogP contribution in [-0.4, -0.2) is 32.5 Å². The predicted octanol–water partition coefficient (Wildman–Crippen LogP) is 1.89. The summed E-state index contributed by atoms with van der Waals surface area (Å²) in [6.07, 6.45) is 0.349. The smallest absolute Gasteiger partial charge is 0.307 e. The van der Waals surface area contributed by atoms with Crippen LogP contribution in [-0.2, 0) is 9.53 Å². The van der Waals surface area contributed by atoms with Crippen molar-refractivity contribution < 1.29 is 14.3 Å². The van der Waals surface area contributed by atoms with Gasteiger partial charge >= 0.3 is 5.97 Å². The van der Waals surface area contributed by atoms with Crippen molar-refractivity contribution in [1.29, 1.82) is 0 Å². The Bertz CT molecular complexity index is 398. The van der Waals surface area contributed by atoms with Gasteiger partial charge in [-0.25, -0.2) is 0 Å². The van der Waals surface area contributed by atoms with Crippen molar-refractivity contribution in [3.8, 4) is 0 Å². The average Bonchev–Trinajstić information content (AvgIpc) is 2.35. The number of ether oxygens (including phenoxy) is 1. The Morgan fingerprint density at radius 2 is 1.82 bits per heavy atom. The molecule has 1 aromatic carbocycles. The molecule has 0 saturated heterocycles. The second kappa shape index (κ2) is 6.03. The van der Waals surface area contributed by atoms with E-state index in [9.17, 15) is 9.59 Å². The van der Waals surface area contributed by atoms with Crippen LogP contribution in [0.4, 0.5) is 5.69 Å². The van der Waals surface area contributed by atoms with Crippen molar-refractivity contribution in [2.24, 2.45) is 0 Å². The number of carbonyl (C=O) groups is 2. The molecule has 0 aliphatic carbocycles. The fourth-order valence-corrected chi connectivity index (χ4v) is 1.44. The van der Waals surface area contributed by atoms with Gasteiger partial charge in [-0.3, -0.25) is 9.59 Å². The van der Waals surface area contributed by atoms with Crippen molar-refractivity contribution >= 4 is 17.4 Å². The Kier molecular flexibility index (Phi) is 4.69. The number of carbonyl (C=O) groups excluding carboxylic acids is 2. The number of nitrogens with zero attached hydrogens (tertiary/aromatic N) is 1. The van der Waals surface area contributed by atoms with E-state index in [2.05, 4.69) is 4.74 Å². The second-order valence-electron chi connectivity index (χ2n) is 3.85. The number of benzene rings is 1. The molecule has 92 valence electrons.